The maximum Gasteiger partial charge on any atom is 0.276 e. The molecular weight excluding hydrogens is 322 g/mol. The SMILES string of the molecule is CNC(=O)c1cccc(NC(=O)c2cc(NC(=O)C3CC3)n(C)n2)c1. The molecule has 0 atom stereocenters. The van der Waals surface area contributed by atoms with E-state index in [1.165, 1.54) is 10.7 Å². The van der Waals surface area contributed by atoms with E-state index in [-0.39, 0.29) is 23.4 Å². The van der Waals surface area contributed by atoms with Crippen molar-refractivity contribution in [2.24, 2.45) is 13.0 Å². The second-order valence-corrected chi connectivity index (χ2v) is 5.92. The number of nitrogens with one attached hydrogen (secondary N) is 3. The average molecular weight is 341 g/mol. The summed E-state index contributed by atoms with van der Waals surface area (Å²) in [6, 6.07) is 8.12. The molecule has 8 nitrogen and oxygen atoms in total. The van der Waals surface area contributed by atoms with E-state index in [4.69, 9.17) is 0 Å². The lowest BCUT2D eigenvalue weighted by Crippen LogP contribution is -2.18. The maximum absolute atomic E-state index is 12.4. The Labute approximate surface area is 144 Å². The van der Waals surface area contributed by atoms with E-state index in [1.807, 2.05) is 0 Å². The number of carbonyl (C=O) groups is 3. The summed E-state index contributed by atoms with van der Waals surface area (Å²) in [5, 5.41) is 12.1. The average Bonchev–Trinajstić information content (AvgIpc) is 3.39. The van der Waals surface area contributed by atoms with Crippen molar-refractivity contribution in [3.63, 3.8) is 0 Å². The number of benzene rings is 1. The fraction of sp³-hybridized carbons (Fsp3) is 0.294. The fourth-order valence-corrected chi connectivity index (χ4v) is 2.35. The molecule has 1 aromatic carbocycles. The minimum absolute atomic E-state index is 0.0479. The first kappa shape index (κ1) is 16.7. The molecule has 3 amide bonds. The van der Waals surface area contributed by atoms with Gasteiger partial charge in [-0.3, -0.25) is 19.1 Å². The van der Waals surface area contributed by atoms with Gasteiger partial charge in [-0.05, 0) is 31.0 Å². The quantitative estimate of drug-likeness (QED) is 0.764. The molecule has 8 heteroatoms. The number of aromatic nitrogens is 2. The van der Waals surface area contributed by atoms with Crippen LogP contribution in [0.5, 0.6) is 0 Å². The zero-order valence-corrected chi connectivity index (χ0v) is 14.0. The highest BCUT2D eigenvalue weighted by molar-refractivity contribution is 6.05. The molecular formula is C17H19N5O3. The van der Waals surface area contributed by atoms with Crippen LogP contribution in [-0.2, 0) is 11.8 Å². The summed E-state index contributed by atoms with van der Waals surface area (Å²) in [6.45, 7) is 0. The number of rotatable bonds is 5. The summed E-state index contributed by atoms with van der Waals surface area (Å²) in [5.41, 5.74) is 1.11. The van der Waals surface area contributed by atoms with Gasteiger partial charge in [-0.1, -0.05) is 6.07 Å². The van der Waals surface area contributed by atoms with Crippen molar-refractivity contribution in [2.75, 3.05) is 17.7 Å². The third kappa shape index (κ3) is 3.85. The van der Waals surface area contributed by atoms with Gasteiger partial charge in [0.2, 0.25) is 5.91 Å². The summed E-state index contributed by atoms with van der Waals surface area (Å²) in [5.74, 6) is -0.162. The summed E-state index contributed by atoms with van der Waals surface area (Å²) in [4.78, 5) is 35.9. The van der Waals surface area contributed by atoms with Crippen molar-refractivity contribution in [3.05, 3.63) is 41.6 Å². The van der Waals surface area contributed by atoms with E-state index in [0.29, 0.717) is 17.1 Å². The highest BCUT2D eigenvalue weighted by atomic mass is 16.2. The van der Waals surface area contributed by atoms with Crippen molar-refractivity contribution in [2.45, 2.75) is 12.8 Å². The third-order valence-electron chi connectivity index (χ3n) is 3.92. The maximum atomic E-state index is 12.4. The minimum atomic E-state index is -0.420. The first-order chi connectivity index (χ1) is 12.0. The van der Waals surface area contributed by atoms with Crippen molar-refractivity contribution in [3.8, 4) is 0 Å². The first-order valence-electron chi connectivity index (χ1n) is 7.96. The highest BCUT2D eigenvalue weighted by Gasteiger charge is 2.30. The van der Waals surface area contributed by atoms with E-state index in [2.05, 4.69) is 21.0 Å². The van der Waals surface area contributed by atoms with Crippen LogP contribution in [0.1, 0.15) is 33.7 Å². The molecule has 0 bridgehead atoms. The lowest BCUT2D eigenvalue weighted by molar-refractivity contribution is -0.117. The van der Waals surface area contributed by atoms with Gasteiger partial charge in [0.15, 0.2) is 5.69 Å². The van der Waals surface area contributed by atoms with Gasteiger partial charge in [-0.15, -0.1) is 0 Å². The lowest BCUT2D eigenvalue weighted by atomic mass is 10.2. The van der Waals surface area contributed by atoms with Gasteiger partial charge < -0.3 is 16.0 Å². The number of carbonyl (C=O) groups excluding carboxylic acids is 3. The van der Waals surface area contributed by atoms with Crippen molar-refractivity contribution >= 4 is 29.2 Å². The van der Waals surface area contributed by atoms with E-state index in [1.54, 1.807) is 38.4 Å². The summed E-state index contributed by atoms with van der Waals surface area (Å²) < 4.78 is 1.45. The molecule has 1 saturated carbocycles. The molecule has 1 aliphatic rings. The van der Waals surface area contributed by atoms with Crippen LogP contribution in [0.2, 0.25) is 0 Å². The van der Waals surface area contributed by atoms with Crippen LogP contribution in [0, 0.1) is 5.92 Å². The molecule has 2 aromatic rings. The molecule has 1 aliphatic carbocycles. The molecule has 3 N–H and O–H groups in total. The van der Waals surface area contributed by atoms with Crippen LogP contribution >= 0.6 is 0 Å². The fourth-order valence-electron chi connectivity index (χ4n) is 2.35. The van der Waals surface area contributed by atoms with E-state index < -0.39 is 5.91 Å². The molecule has 0 spiro atoms. The Balaban J connectivity index is 1.71. The second-order valence-electron chi connectivity index (χ2n) is 5.92. The van der Waals surface area contributed by atoms with Crippen molar-refractivity contribution in [1.29, 1.82) is 0 Å². The highest BCUT2D eigenvalue weighted by Crippen LogP contribution is 2.30. The number of anilines is 2. The number of hydrogen-bond acceptors (Lipinski definition) is 4. The van der Waals surface area contributed by atoms with Crippen LogP contribution in [0.25, 0.3) is 0 Å². The van der Waals surface area contributed by atoms with E-state index in [0.717, 1.165) is 12.8 Å². The van der Waals surface area contributed by atoms with Crippen LogP contribution < -0.4 is 16.0 Å². The molecule has 1 heterocycles. The predicted molar refractivity (Wildman–Crippen MR) is 92.3 cm³/mol. The van der Waals surface area contributed by atoms with Gasteiger partial charge in [0.05, 0.1) is 0 Å². The van der Waals surface area contributed by atoms with Gasteiger partial charge in [0, 0.05) is 37.3 Å². The first-order valence-corrected chi connectivity index (χ1v) is 7.96. The van der Waals surface area contributed by atoms with Gasteiger partial charge in [0.25, 0.3) is 11.8 Å². The second kappa shape index (κ2) is 6.76. The normalized spacial score (nSPS) is 13.2. The van der Waals surface area contributed by atoms with Crippen LogP contribution in [0.3, 0.4) is 0 Å². The zero-order valence-electron chi connectivity index (χ0n) is 14.0. The molecule has 0 unspecified atom stereocenters. The predicted octanol–water partition coefficient (Wildman–Crippen LogP) is 1.38. The van der Waals surface area contributed by atoms with E-state index in [9.17, 15) is 14.4 Å². The Bertz CT molecular complexity index is 839. The molecule has 0 aliphatic heterocycles. The monoisotopic (exact) mass is 341 g/mol. The number of amides is 3. The Morgan fingerprint density at radius 1 is 1.12 bits per heavy atom. The van der Waals surface area contributed by atoms with Gasteiger partial charge in [-0.2, -0.15) is 5.10 Å². The Morgan fingerprint density at radius 2 is 1.88 bits per heavy atom. The van der Waals surface area contributed by atoms with Crippen LogP contribution in [0.4, 0.5) is 11.5 Å². The topological polar surface area (TPSA) is 105 Å². The molecule has 25 heavy (non-hydrogen) atoms. The third-order valence-corrected chi connectivity index (χ3v) is 3.92. The Kier molecular flexibility index (Phi) is 4.51. The van der Waals surface area contributed by atoms with Crippen molar-refractivity contribution in [1.82, 2.24) is 15.1 Å². The smallest absolute Gasteiger partial charge is 0.276 e. The molecule has 3 rings (SSSR count). The standard InChI is InChI=1S/C17H19N5O3/c1-18-15(23)11-4-3-5-12(8-11)19-17(25)13-9-14(22(2)21-13)20-16(24)10-6-7-10/h3-5,8-10H,6-7H2,1-2H3,(H,18,23)(H,19,25)(H,20,24). The lowest BCUT2D eigenvalue weighted by Gasteiger charge is -2.05. The minimum Gasteiger partial charge on any atom is -0.355 e. The van der Waals surface area contributed by atoms with E-state index >= 15 is 0 Å². The zero-order chi connectivity index (χ0) is 18.0. The largest absolute Gasteiger partial charge is 0.355 e. The van der Waals surface area contributed by atoms with Gasteiger partial charge in [0.1, 0.15) is 5.82 Å². The van der Waals surface area contributed by atoms with Crippen LogP contribution in [0.15, 0.2) is 30.3 Å². The molecule has 130 valence electrons. The summed E-state index contributed by atoms with van der Waals surface area (Å²) >= 11 is 0. The molecule has 1 aromatic heterocycles. The van der Waals surface area contributed by atoms with Crippen molar-refractivity contribution < 1.29 is 14.4 Å². The Hall–Kier alpha value is -3.16. The van der Waals surface area contributed by atoms with Gasteiger partial charge in [-0.25, -0.2) is 0 Å². The molecule has 0 radical (unpaired) electrons. The summed E-state index contributed by atoms with van der Waals surface area (Å²) in [6.07, 6.45) is 1.80. The molecule has 1 fully saturated rings. The summed E-state index contributed by atoms with van der Waals surface area (Å²) in [7, 11) is 3.20. The molecule has 0 saturated heterocycles. The Morgan fingerprint density at radius 3 is 2.56 bits per heavy atom. The number of nitrogens with zero attached hydrogens (tertiary/aromatic N) is 2. The van der Waals surface area contributed by atoms with Crippen LogP contribution in [-0.4, -0.2) is 34.5 Å². The number of hydrogen-bond donors (Lipinski definition) is 3. The van der Waals surface area contributed by atoms with Gasteiger partial charge >= 0.3 is 0 Å². The number of aryl methyl sites for hydroxylation is 1.